The van der Waals surface area contributed by atoms with E-state index >= 15 is 0 Å². The zero-order valence-electron chi connectivity index (χ0n) is 14.5. The number of carbonyl (C=O) groups is 3. The van der Waals surface area contributed by atoms with Crippen LogP contribution < -0.4 is 15.0 Å². The lowest BCUT2D eigenvalue weighted by atomic mass is 10.1. The smallest absolute Gasteiger partial charge is 0.335 e. The summed E-state index contributed by atoms with van der Waals surface area (Å²) in [7, 11) is 0. The molecule has 132 valence electrons. The van der Waals surface area contributed by atoms with Gasteiger partial charge in [-0.1, -0.05) is 29.8 Å². The minimum absolute atomic E-state index is 0.102. The lowest BCUT2D eigenvalue weighted by molar-refractivity contribution is -0.122. The molecule has 6 heteroatoms. The fraction of sp³-hybridized carbons (Fsp3) is 0.150. The molecule has 0 saturated carbocycles. The van der Waals surface area contributed by atoms with Gasteiger partial charge >= 0.3 is 6.03 Å². The van der Waals surface area contributed by atoms with Crippen molar-refractivity contribution in [2.75, 3.05) is 11.5 Å². The number of amides is 4. The van der Waals surface area contributed by atoms with Crippen molar-refractivity contribution in [3.63, 3.8) is 0 Å². The van der Waals surface area contributed by atoms with Crippen molar-refractivity contribution in [2.24, 2.45) is 0 Å². The summed E-state index contributed by atoms with van der Waals surface area (Å²) in [5, 5.41) is 2.21. The highest BCUT2D eigenvalue weighted by molar-refractivity contribution is 6.39. The maximum atomic E-state index is 12.8. The molecule has 1 fully saturated rings. The van der Waals surface area contributed by atoms with E-state index in [1.165, 1.54) is 6.08 Å². The van der Waals surface area contributed by atoms with Crippen LogP contribution in [0.3, 0.4) is 0 Å². The van der Waals surface area contributed by atoms with E-state index in [1.807, 2.05) is 13.8 Å². The van der Waals surface area contributed by atoms with Crippen molar-refractivity contribution in [1.82, 2.24) is 5.32 Å². The van der Waals surface area contributed by atoms with Gasteiger partial charge in [-0.25, -0.2) is 9.69 Å². The van der Waals surface area contributed by atoms with Gasteiger partial charge in [0.2, 0.25) is 0 Å². The Kier molecular flexibility index (Phi) is 4.84. The lowest BCUT2D eigenvalue weighted by Gasteiger charge is -2.26. The third kappa shape index (κ3) is 3.49. The van der Waals surface area contributed by atoms with Gasteiger partial charge in [0.25, 0.3) is 11.8 Å². The first kappa shape index (κ1) is 17.4. The predicted octanol–water partition coefficient (Wildman–Crippen LogP) is 3.06. The zero-order valence-corrected chi connectivity index (χ0v) is 14.5. The van der Waals surface area contributed by atoms with Crippen LogP contribution in [0.4, 0.5) is 10.5 Å². The van der Waals surface area contributed by atoms with Crippen molar-refractivity contribution in [3.05, 3.63) is 65.2 Å². The highest BCUT2D eigenvalue weighted by Gasteiger charge is 2.36. The summed E-state index contributed by atoms with van der Waals surface area (Å²) in [6.07, 6.45) is 1.46. The Balaban J connectivity index is 1.93. The van der Waals surface area contributed by atoms with Crippen LogP contribution in [-0.4, -0.2) is 24.5 Å². The molecule has 4 amide bonds. The number of nitrogens with one attached hydrogen (secondary N) is 1. The third-order valence-electron chi connectivity index (χ3n) is 3.90. The number of ether oxygens (including phenoxy) is 1. The van der Waals surface area contributed by atoms with Gasteiger partial charge in [0.05, 0.1) is 12.3 Å². The topological polar surface area (TPSA) is 75.7 Å². The minimum Gasteiger partial charge on any atom is -0.494 e. The van der Waals surface area contributed by atoms with E-state index in [0.717, 1.165) is 10.5 Å². The number of barbiturate groups is 1. The fourth-order valence-corrected chi connectivity index (χ4v) is 2.58. The zero-order chi connectivity index (χ0) is 18.7. The quantitative estimate of drug-likeness (QED) is 0.679. The highest BCUT2D eigenvalue weighted by Crippen LogP contribution is 2.23. The summed E-state index contributed by atoms with van der Waals surface area (Å²) >= 11 is 0. The number of carbonyl (C=O) groups excluding carboxylic acids is 3. The molecule has 3 rings (SSSR count). The molecule has 2 aromatic carbocycles. The molecule has 0 bridgehead atoms. The Morgan fingerprint density at radius 2 is 1.65 bits per heavy atom. The van der Waals surface area contributed by atoms with Gasteiger partial charge in [0.15, 0.2) is 0 Å². The van der Waals surface area contributed by atoms with Gasteiger partial charge in [-0.3, -0.25) is 14.9 Å². The summed E-state index contributed by atoms with van der Waals surface area (Å²) in [6.45, 7) is 4.34. The second kappa shape index (κ2) is 7.23. The maximum Gasteiger partial charge on any atom is 0.335 e. The Bertz CT molecular complexity index is 883. The van der Waals surface area contributed by atoms with E-state index in [9.17, 15) is 14.4 Å². The monoisotopic (exact) mass is 350 g/mol. The summed E-state index contributed by atoms with van der Waals surface area (Å²) in [5.74, 6) is -0.667. The molecule has 0 radical (unpaired) electrons. The van der Waals surface area contributed by atoms with E-state index < -0.39 is 17.8 Å². The van der Waals surface area contributed by atoms with E-state index in [1.54, 1.807) is 48.5 Å². The molecule has 0 atom stereocenters. The van der Waals surface area contributed by atoms with Gasteiger partial charge in [-0.2, -0.15) is 0 Å². The van der Waals surface area contributed by atoms with Crippen LogP contribution in [0.15, 0.2) is 54.1 Å². The lowest BCUT2D eigenvalue weighted by Crippen LogP contribution is -2.54. The fourth-order valence-electron chi connectivity index (χ4n) is 2.58. The molecule has 1 saturated heterocycles. The summed E-state index contributed by atoms with van der Waals surface area (Å²) < 4.78 is 5.37. The number of rotatable bonds is 4. The van der Waals surface area contributed by atoms with Crippen molar-refractivity contribution in [3.8, 4) is 5.75 Å². The van der Waals surface area contributed by atoms with Crippen molar-refractivity contribution >= 4 is 29.6 Å². The van der Waals surface area contributed by atoms with E-state index in [0.29, 0.717) is 23.6 Å². The van der Waals surface area contributed by atoms with Crippen LogP contribution in [0, 0.1) is 6.92 Å². The third-order valence-corrected chi connectivity index (χ3v) is 3.90. The Morgan fingerprint density at radius 3 is 2.27 bits per heavy atom. The Hall–Kier alpha value is -3.41. The second-order valence-corrected chi connectivity index (χ2v) is 5.80. The molecule has 26 heavy (non-hydrogen) atoms. The standard InChI is InChI=1S/C20H18N2O4/c1-3-26-16-10-6-14(7-11-16)12-17-18(23)21-20(25)22(19(17)24)15-8-4-13(2)5-9-15/h4-12H,3H2,1-2H3,(H,21,23,25)/b17-12-. The van der Waals surface area contributed by atoms with Crippen molar-refractivity contribution < 1.29 is 19.1 Å². The van der Waals surface area contributed by atoms with Crippen LogP contribution >= 0.6 is 0 Å². The molecular weight excluding hydrogens is 332 g/mol. The SMILES string of the molecule is CCOc1ccc(/C=C2/C(=O)NC(=O)N(c3ccc(C)cc3)C2=O)cc1. The number of anilines is 1. The number of hydrogen-bond donors (Lipinski definition) is 1. The number of urea groups is 1. The van der Waals surface area contributed by atoms with E-state index in [2.05, 4.69) is 5.32 Å². The molecule has 1 heterocycles. The number of aryl methyl sites for hydroxylation is 1. The molecule has 1 N–H and O–H groups in total. The van der Waals surface area contributed by atoms with Crippen LogP contribution in [0.1, 0.15) is 18.1 Å². The summed E-state index contributed by atoms with van der Waals surface area (Å²) in [5.41, 5.74) is 1.96. The summed E-state index contributed by atoms with van der Waals surface area (Å²) in [6, 6.07) is 13.1. The van der Waals surface area contributed by atoms with E-state index in [4.69, 9.17) is 4.74 Å². The van der Waals surface area contributed by atoms with E-state index in [-0.39, 0.29) is 5.57 Å². The Morgan fingerprint density at radius 1 is 1.00 bits per heavy atom. The number of hydrogen-bond acceptors (Lipinski definition) is 4. The highest BCUT2D eigenvalue weighted by atomic mass is 16.5. The predicted molar refractivity (Wildman–Crippen MR) is 97.8 cm³/mol. The molecule has 1 aliphatic rings. The minimum atomic E-state index is -0.757. The van der Waals surface area contributed by atoms with Crippen molar-refractivity contribution in [2.45, 2.75) is 13.8 Å². The molecule has 0 aromatic heterocycles. The molecule has 0 unspecified atom stereocenters. The van der Waals surface area contributed by atoms with Crippen LogP contribution in [0.5, 0.6) is 5.75 Å². The van der Waals surface area contributed by atoms with Gasteiger partial charge in [-0.05, 0) is 49.8 Å². The van der Waals surface area contributed by atoms with Gasteiger partial charge in [0, 0.05) is 0 Å². The normalized spacial score (nSPS) is 16.0. The van der Waals surface area contributed by atoms with Crippen molar-refractivity contribution in [1.29, 1.82) is 0 Å². The van der Waals surface area contributed by atoms with Gasteiger partial charge in [0.1, 0.15) is 11.3 Å². The van der Waals surface area contributed by atoms with Gasteiger partial charge in [-0.15, -0.1) is 0 Å². The maximum absolute atomic E-state index is 12.8. The van der Waals surface area contributed by atoms with Crippen LogP contribution in [-0.2, 0) is 9.59 Å². The van der Waals surface area contributed by atoms with Crippen LogP contribution in [0.2, 0.25) is 0 Å². The average Bonchev–Trinajstić information content (AvgIpc) is 2.62. The second-order valence-electron chi connectivity index (χ2n) is 5.80. The van der Waals surface area contributed by atoms with Crippen LogP contribution in [0.25, 0.3) is 6.08 Å². The molecule has 0 aliphatic carbocycles. The first-order chi connectivity index (χ1) is 12.5. The molecule has 2 aromatic rings. The number of imide groups is 2. The molecular formula is C20H18N2O4. The first-order valence-corrected chi connectivity index (χ1v) is 8.20. The molecule has 0 spiro atoms. The largest absolute Gasteiger partial charge is 0.494 e. The molecule has 6 nitrogen and oxygen atoms in total. The van der Waals surface area contributed by atoms with Gasteiger partial charge < -0.3 is 4.74 Å². The Labute approximate surface area is 151 Å². The molecule has 1 aliphatic heterocycles. The average molecular weight is 350 g/mol. The summed E-state index contributed by atoms with van der Waals surface area (Å²) in [4.78, 5) is 38.0. The first-order valence-electron chi connectivity index (χ1n) is 8.20. The number of nitrogens with zero attached hydrogens (tertiary/aromatic N) is 1. The number of benzene rings is 2.